The van der Waals surface area contributed by atoms with Crippen LogP contribution in [0.2, 0.25) is 0 Å². The quantitative estimate of drug-likeness (QED) is 0.611. The minimum Gasteiger partial charge on any atom is -0.469 e. The Morgan fingerprint density at radius 1 is 1.17 bits per heavy atom. The number of sulfonamides is 1. The van der Waals surface area contributed by atoms with Crippen molar-refractivity contribution < 1.29 is 22.7 Å². The summed E-state index contributed by atoms with van der Waals surface area (Å²) >= 11 is 0. The number of ether oxygens (including phenoxy) is 1. The van der Waals surface area contributed by atoms with E-state index < -0.39 is 15.9 Å². The first-order chi connectivity index (χ1) is 14.0. The van der Waals surface area contributed by atoms with E-state index in [1.165, 1.54) is 11.4 Å². The van der Waals surface area contributed by atoms with E-state index in [0.717, 1.165) is 16.7 Å². The third-order valence-electron chi connectivity index (χ3n) is 5.80. The fourth-order valence-corrected chi connectivity index (χ4v) is 6.17. The lowest BCUT2D eigenvalue weighted by Gasteiger charge is -2.34. The Labute approximate surface area is 180 Å². The molecule has 2 rings (SSSR count). The number of benzene rings is 1. The summed E-state index contributed by atoms with van der Waals surface area (Å²) in [6.07, 6.45) is 0.955. The molecular weight excluding hydrogens is 404 g/mol. The van der Waals surface area contributed by atoms with Crippen molar-refractivity contribution in [2.75, 3.05) is 33.3 Å². The third kappa shape index (κ3) is 5.21. The first-order valence-corrected chi connectivity index (χ1v) is 11.9. The predicted octanol–water partition coefficient (Wildman–Crippen LogP) is 2.67. The van der Waals surface area contributed by atoms with Crippen molar-refractivity contribution in [2.45, 2.75) is 52.4 Å². The van der Waals surface area contributed by atoms with Crippen LogP contribution in [0.25, 0.3) is 0 Å². The van der Waals surface area contributed by atoms with Crippen molar-refractivity contribution >= 4 is 21.9 Å². The fraction of sp³-hybridized carbons (Fsp3) is 0.636. The maximum absolute atomic E-state index is 13.2. The number of hydrogen-bond acceptors (Lipinski definition) is 5. The van der Waals surface area contributed by atoms with Crippen LogP contribution in [0.4, 0.5) is 0 Å². The highest BCUT2D eigenvalue weighted by Gasteiger charge is 2.35. The van der Waals surface area contributed by atoms with Crippen LogP contribution in [0, 0.1) is 32.6 Å². The first-order valence-electron chi connectivity index (χ1n) is 10.5. The summed E-state index contributed by atoms with van der Waals surface area (Å²) in [7, 11) is -2.26. The number of hydrogen-bond donors (Lipinski definition) is 0. The summed E-state index contributed by atoms with van der Waals surface area (Å²) in [5.41, 5.74) is 2.54. The van der Waals surface area contributed by atoms with Crippen molar-refractivity contribution in [1.82, 2.24) is 9.21 Å². The molecule has 1 atom stereocenters. The fourth-order valence-electron chi connectivity index (χ4n) is 4.29. The highest BCUT2D eigenvalue weighted by Crippen LogP contribution is 2.29. The van der Waals surface area contributed by atoms with Crippen molar-refractivity contribution in [2.24, 2.45) is 11.8 Å². The molecule has 1 aliphatic heterocycles. The van der Waals surface area contributed by atoms with Gasteiger partial charge in [0.1, 0.15) is 0 Å². The van der Waals surface area contributed by atoms with E-state index in [1.807, 2.05) is 39.8 Å². The van der Waals surface area contributed by atoms with Gasteiger partial charge in [-0.1, -0.05) is 24.6 Å². The Kier molecular flexibility index (Phi) is 8.05. The number of rotatable bonds is 7. The predicted molar refractivity (Wildman–Crippen MR) is 116 cm³/mol. The lowest BCUT2D eigenvalue weighted by Crippen LogP contribution is -2.46. The minimum absolute atomic E-state index is 0.0204. The Morgan fingerprint density at radius 2 is 1.70 bits per heavy atom. The number of amides is 1. The Bertz CT molecular complexity index is 866. The van der Waals surface area contributed by atoms with Crippen molar-refractivity contribution in [1.29, 1.82) is 0 Å². The van der Waals surface area contributed by atoms with E-state index in [1.54, 1.807) is 11.8 Å². The zero-order valence-electron chi connectivity index (χ0n) is 18.9. The topological polar surface area (TPSA) is 84.0 Å². The molecule has 1 amide bonds. The number of piperidine rings is 1. The molecule has 1 aliphatic rings. The summed E-state index contributed by atoms with van der Waals surface area (Å²) in [6, 6.07) is 3.77. The molecule has 1 fully saturated rings. The lowest BCUT2D eigenvalue weighted by molar-refractivity contribution is -0.147. The largest absolute Gasteiger partial charge is 0.469 e. The van der Waals surface area contributed by atoms with Crippen LogP contribution in [-0.2, 0) is 24.3 Å². The van der Waals surface area contributed by atoms with E-state index in [0.29, 0.717) is 43.9 Å². The van der Waals surface area contributed by atoms with Crippen LogP contribution >= 0.6 is 0 Å². The number of methoxy groups -OCH3 is 1. The maximum Gasteiger partial charge on any atom is 0.310 e. The third-order valence-corrected chi connectivity index (χ3v) is 8.00. The molecule has 1 aromatic rings. The minimum atomic E-state index is -3.60. The zero-order valence-corrected chi connectivity index (χ0v) is 19.7. The normalized spacial score (nSPS) is 16.9. The summed E-state index contributed by atoms with van der Waals surface area (Å²) in [5, 5.41) is 0. The summed E-state index contributed by atoms with van der Waals surface area (Å²) < 4.78 is 32.7. The van der Waals surface area contributed by atoms with Gasteiger partial charge in [0.15, 0.2) is 0 Å². The molecule has 1 aromatic carbocycles. The van der Waals surface area contributed by atoms with Gasteiger partial charge in [0, 0.05) is 32.1 Å². The number of carbonyl (C=O) groups excluding carboxylic acids is 2. The highest BCUT2D eigenvalue weighted by molar-refractivity contribution is 7.89. The second-order valence-electron chi connectivity index (χ2n) is 8.21. The summed E-state index contributed by atoms with van der Waals surface area (Å²) in [6.45, 7) is 10.7. The molecule has 7 nitrogen and oxygen atoms in total. The van der Waals surface area contributed by atoms with Gasteiger partial charge >= 0.3 is 5.97 Å². The molecule has 8 heteroatoms. The van der Waals surface area contributed by atoms with Gasteiger partial charge in [0.05, 0.1) is 17.9 Å². The second-order valence-corrected chi connectivity index (χ2v) is 10.1. The van der Waals surface area contributed by atoms with Crippen molar-refractivity contribution in [3.63, 3.8) is 0 Å². The Morgan fingerprint density at radius 3 is 2.17 bits per heavy atom. The molecular formula is C22H34N2O5S. The van der Waals surface area contributed by atoms with Crippen LogP contribution in [-0.4, -0.2) is 62.8 Å². The molecule has 1 heterocycles. The van der Waals surface area contributed by atoms with Gasteiger partial charge in [-0.2, -0.15) is 4.31 Å². The summed E-state index contributed by atoms with van der Waals surface area (Å²) in [4.78, 5) is 26.7. The smallest absolute Gasteiger partial charge is 0.310 e. The summed E-state index contributed by atoms with van der Waals surface area (Å²) in [5.74, 6) is -0.993. The molecule has 0 radical (unpaired) electrons. The molecule has 0 aromatic heterocycles. The van der Waals surface area contributed by atoms with E-state index in [9.17, 15) is 18.0 Å². The second kappa shape index (κ2) is 9.92. The molecule has 1 unspecified atom stereocenters. The molecule has 168 valence electrons. The number of carbonyl (C=O) groups is 2. The Hall–Kier alpha value is -1.93. The molecule has 0 bridgehead atoms. The van der Waals surface area contributed by atoms with Gasteiger partial charge in [-0.05, 0) is 51.7 Å². The SMILES string of the molecule is CCN(CC(C)C(=O)OC)C(=O)C1CCN(S(=O)(=O)c2c(C)cc(C)cc2C)CC1. The molecule has 1 saturated heterocycles. The van der Waals surface area contributed by atoms with Crippen molar-refractivity contribution in [3.05, 3.63) is 28.8 Å². The van der Waals surface area contributed by atoms with Gasteiger partial charge in [0.2, 0.25) is 15.9 Å². The van der Waals surface area contributed by atoms with E-state index in [-0.39, 0.29) is 17.8 Å². The van der Waals surface area contributed by atoms with E-state index >= 15 is 0 Å². The van der Waals surface area contributed by atoms with E-state index in [2.05, 4.69) is 0 Å². The average Bonchev–Trinajstić information content (AvgIpc) is 2.69. The molecule has 30 heavy (non-hydrogen) atoms. The molecule has 0 aliphatic carbocycles. The van der Waals surface area contributed by atoms with Crippen LogP contribution in [0.15, 0.2) is 17.0 Å². The van der Waals surface area contributed by atoms with Gasteiger partial charge in [-0.25, -0.2) is 8.42 Å². The van der Waals surface area contributed by atoms with Gasteiger partial charge in [-0.3, -0.25) is 9.59 Å². The van der Waals surface area contributed by atoms with Gasteiger partial charge < -0.3 is 9.64 Å². The van der Waals surface area contributed by atoms with Crippen LogP contribution in [0.1, 0.15) is 43.4 Å². The Balaban J connectivity index is 2.08. The molecule has 0 spiro atoms. The number of esters is 1. The molecule has 0 N–H and O–H groups in total. The van der Waals surface area contributed by atoms with E-state index in [4.69, 9.17) is 4.74 Å². The average molecular weight is 439 g/mol. The number of nitrogens with zero attached hydrogens (tertiary/aromatic N) is 2. The highest BCUT2D eigenvalue weighted by atomic mass is 32.2. The standard InChI is InChI=1S/C22H34N2O5S/c1-7-23(14-18(5)22(26)29-6)21(25)19-8-10-24(11-9-19)30(27,28)20-16(3)12-15(2)13-17(20)4/h12-13,18-19H,7-11,14H2,1-6H3. The first kappa shape index (κ1) is 24.3. The lowest BCUT2D eigenvalue weighted by atomic mass is 9.96. The van der Waals surface area contributed by atoms with Crippen LogP contribution in [0.5, 0.6) is 0 Å². The van der Waals surface area contributed by atoms with Gasteiger partial charge in [0.25, 0.3) is 0 Å². The zero-order chi connectivity index (χ0) is 22.6. The van der Waals surface area contributed by atoms with Crippen LogP contribution < -0.4 is 0 Å². The molecule has 0 saturated carbocycles. The monoisotopic (exact) mass is 438 g/mol. The van der Waals surface area contributed by atoms with Crippen LogP contribution in [0.3, 0.4) is 0 Å². The van der Waals surface area contributed by atoms with Crippen molar-refractivity contribution in [3.8, 4) is 0 Å². The number of aryl methyl sites for hydroxylation is 3. The maximum atomic E-state index is 13.2. The van der Waals surface area contributed by atoms with Gasteiger partial charge in [-0.15, -0.1) is 0 Å².